The molecular formula is C19H21FN2O2. The molecule has 126 valence electrons. The number of rotatable bonds is 5. The van der Waals surface area contributed by atoms with Gasteiger partial charge in [-0.3, -0.25) is 9.88 Å². The molecule has 4 nitrogen and oxygen atoms in total. The van der Waals surface area contributed by atoms with E-state index in [0.717, 1.165) is 36.9 Å². The fraction of sp³-hybridized carbons (Fsp3) is 0.368. The number of likely N-dealkylation sites (tertiary alicyclic amines) is 1. The Kier molecular flexibility index (Phi) is 4.62. The number of hydrogen-bond donors (Lipinski definition) is 1. The Morgan fingerprint density at radius 2 is 2.04 bits per heavy atom. The van der Waals surface area contributed by atoms with E-state index in [1.165, 1.54) is 18.3 Å². The zero-order valence-electron chi connectivity index (χ0n) is 13.7. The van der Waals surface area contributed by atoms with Crippen LogP contribution in [0.3, 0.4) is 0 Å². The van der Waals surface area contributed by atoms with Crippen molar-refractivity contribution < 1.29 is 14.3 Å². The Morgan fingerprint density at radius 3 is 2.75 bits per heavy atom. The lowest BCUT2D eigenvalue weighted by molar-refractivity contribution is 0.0696. The first-order valence-corrected chi connectivity index (χ1v) is 8.13. The number of carboxylic acid groups (broad SMARTS) is 1. The average molecular weight is 328 g/mol. The first-order valence-electron chi connectivity index (χ1n) is 8.13. The fourth-order valence-electron chi connectivity index (χ4n) is 3.50. The molecule has 1 fully saturated rings. The van der Waals surface area contributed by atoms with Crippen LogP contribution in [0, 0.1) is 5.82 Å². The number of carbonyl (C=O) groups is 1. The van der Waals surface area contributed by atoms with Crippen molar-refractivity contribution in [1.29, 1.82) is 0 Å². The largest absolute Gasteiger partial charge is 0.478 e. The summed E-state index contributed by atoms with van der Waals surface area (Å²) in [6, 6.07) is 8.36. The predicted molar refractivity (Wildman–Crippen MR) is 89.3 cm³/mol. The summed E-state index contributed by atoms with van der Waals surface area (Å²) < 4.78 is 13.1. The maximum atomic E-state index is 13.1. The van der Waals surface area contributed by atoms with Crippen LogP contribution in [0.25, 0.3) is 0 Å². The Bertz CT molecular complexity index is 732. The number of nitrogens with zero attached hydrogens (tertiary/aromatic N) is 2. The van der Waals surface area contributed by atoms with Crippen molar-refractivity contribution in [3.63, 3.8) is 0 Å². The summed E-state index contributed by atoms with van der Waals surface area (Å²) in [7, 11) is 0. The third-order valence-electron chi connectivity index (χ3n) is 4.82. The molecule has 5 heteroatoms. The van der Waals surface area contributed by atoms with Gasteiger partial charge in [-0.25, -0.2) is 9.18 Å². The minimum atomic E-state index is -0.958. The summed E-state index contributed by atoms with van der Waals surface area (Å²) in [5, 5.41) is 9.11. The second-order valence-corrected chi connectivity index (χ2v) is 6.71. The Balaban J connectivity index is 1.76. The average Bonchev–Trinajstić information content (AvgIpc) is 2.90. The van der Waals surface area contributed by atoms with Crippen molar-refractivity contribution >= 4 is 5.97 Å². The summed E-state index contributed by atoms with van der Waals surface area (Å²) >= 11 is 0. The summed E-state index contributed by atoms with van der Waals surface area (Å²) in [5.74, 6) is -1.18. The molecule has 1 N–H and O–H groups in total. The number of carboxylic acids is 1. The third-order valence-corrected chi connectivity index (χ3v) is 4.82. The van der Waals surface area contributed by atoms with Gasteiger partial charge in [0.25, 0.3) is 0 Å². The van der Waals surface area contributed by atoms with Crippen LogP contribution in [-0.2, 0) is 13.0 Å². The van der Waals surface area contributed by atoms with Crippen LogP contribution in [-0.4, -0.2) is 33.0 Å². The molecule has 2 heterocycles. The fourth-order valence-corrected chi connectivity index (χ4v) is 3.50. The van der Waals surface area contributed by atoms with E-state index < -0.39 is 5.97 Å². The summed E-state index contributed by atoms with van der Waals surface area (Å²) in [4.78, 5) is 17.5. The van der Waals surface area contributed by atoms with Gasteiger partial charge in [0.1, 0.15) is 5.82 Å². The van der Waals surface area contributed by atoms with E-state index in [9.17, 15) is 9.18 Å². The first kappa shape index (κ1) is 16.6. The van der Waals surface area contributed by atoms with E-state index in [1.807, 2.05) is 12.1 Å². The van der Waals surface area contributed by atoms with Gasteiger partial charge in [0.2, 0.25) is 0 Å². The van der Waals surface area contributed by atoms with Crippen molar-refractivity contribution in [2.24, 2.45) is 0 Å². The van der Waals surface area contributed by atoms with Crippen molar-refractivity contribution in [3.8, 4) is 0 Å². The molecule has 0 radical (unpaired) electrons. The molecule has 1 aliphatic rings. The van der Waals surface area contributed by atoms with Gasteiger partial charge in [0, 0.05) is 24.5 Å². The molecule has 1 aliphatic heterocycles. The van der Waals surface area contributed by atoms with Crippen LogP contribution in [0.1, 0.15) is 41.3 Å². The number of hydrogen-bond acceptors (Lipinski definition) is 3. The third kappa shape index (κ3) is 3.62. The molecule has 1 atom stereocenters. The number of benzene rings is 1. The molecule has 0 amide bonds. The van der Waals surface area contributed by atoms with E-state index in [2.05, 4.69) is 16.8 Å². The number of pyridine rings is 1. The lowest BCUT2D eigenvalue weighted by Gasteiger charge is -2.35. The smallest absolute Gasteiger partial charge is 0.337 e. The number of halogens is 1. The zero-order valence-corrected chi connectivity index (χ0v) is 13.7. The molecular weight excluding hydrogens is 307 g/mol. The second kappa shape index (κ2) is 6.69. The molecule has 1 aromatic carbocycles. The van der Waals surface area contributed by atoms with Crippen LogP contribution in [0.5, 0.6) is 0 Å². The Hall–Kier alpha value is -2.27. The zero-order chi connectivity index (χ0) is 17.2. The van der Waals surface area contributed by atoms with Crippen LogP contribution >= 0.6 is 0 Å². The SMILES string of the molecule is CC1(Cc2ccc(F)cc2)CCCN1Cc1cncc(C(=O)O)c1. The van der Waals surface area contributed by atoms with E-state index in [0.29, 0.717) is 6.54 Å². The van der Waals surface area contributed by atoms with E-state index >= 15 is 0 Å². The van der Waals surface area contributed by atoms with Gasteiger partial charge in [0.15, 0.2) is 0 Å². The molecule has 0 bridgehead atoms. The predicted octanol–water partition coefficient (Wildman–Crippen LogP) is 3.52. The molecule has 0 spiro atoms. The van der Waals surface area contributed by atoms with E-state index in [1.54, 1.807) is 12.3 Å². The van der Waals surface area contributed by atoms with Gasteiger partial charge in [-0.2, -0.15) is 0 Å². The van der Waals surface area contributed by atoms with Gasteiger partial charge in [-0.15, -0.1) is 0 Å². The molecule has 0 saturated carbocycles. The summed E-state index contributed by atoms with van der Waals surface area (Å²) in [6.07, 6.45) is 6.11. The quantitative estimate of drug-likeness (QED) is 0.912. The van der Waals surface area contributed by atoms with E-state index in [-0.39, 0.29) is 16.9 Å². The van der Waals surface area contributed by atoms with Gasteiger partial charge >= 0.3 is 5.97 Å². The van der Waals surface area contributed by atoms with Crippen LogP contribution in [0.15, 0.2) is 42.7 Å². The van der Waals surface area contributed by atoms with Gasteiger partial charge in [-0.05, 0) is 62.1 Å². The van der Waals surface area contributed by atoms with E-state index in [4.69, 9.17) is 5.11 Å². The summed E-state index contributed by atoms with van der Waals surface area (Å²) in [6.45, 7) is 3.86. The highest BCUT2D eigenvalue weighted by atomic mass is 19.1. The standard InChI is InChI=1S/C19H21FN2O2/c1-19(10-14-3-5-17(20)6-4-14)7-2-8-22(19)13-15-9-16(18(23)24)12-21-11-15/h3-6,9,11-12H,2,7-8,10,13H2,1H3,(H,23,24). The Labute approximate surface area is 141 Å². The lowest BCUT2D eigenvalue weighted by Crippen LogP contribution is -2.42. The maximum Gasteiger partial charge on any atom is 0.337 e. The first-order chi connectivity index (χ1) is 11.5. The van der Waals surface area contributed by atoms with Gasteiger partial charge < -0.3 is 5.11 Å². The van der Waals surface area contributed by atoms with Gasteiger partial charge in [0.05, 0.1) is 5.56 Å². The minimum Gasteiger partial charge on any atom is -0.478 e. The van der Waals surface area contributed by atoms with Crippen molar-refractivity contribution in [3.05, 3.63) is 65.2 Å². The normalized spacial score (nSPS) is 21.1. The highest BCUT2D eigenvalue weighted by Crippen LogP contribution is 2.33. The monoisotopic (exact) mass is 328 g/mol. The van der Waals surface area contributed by atoms with Crippen molar-refractivity contribution in [2.45, 2.75) is 38.3 Å². The van der Waals surface area contributed by atoms with Gasteiger partial charge in [-0.1, -0.05) is 12.1 Å². The molecule has 3 rings (SSSR count). The number of aromatic nitrogens is 1. The molecule has 1 saturated heterocycles. The molecule has 0 aliphatic carbocycles. The van der Waals surface area contributed by atoms with Crippen LogP contribution < -0.4 is 0 Å². The molecule has 2 aromatic rings. The van der Waals surface area contributed by atoms with Crippen molar-refractivity contribution in [1.82, 2.24) is 9.88 Å². The highest BCUT2D eigenvalue weighted by molar-refractivity contribution is 5.87. The topological polar surface area (TPSA) is 53.4 Å². The highest BCUT2D eigenvalue weighted by Gasteiger charge is 2.36. The lowest BCUT2D eigenvalue weighted by atomic mass is 9.90. The summed E-state index contributed by atoms with van der Waals surface area (Å²) in [5.41, 5.74) is 2.22. The maximum absolute atomic E-state index is 13.1. The molecule has 24 heavy (non-hydrogen) atoms. The Morgan fingerprint density at radius 1 is 1.29 bits per heavy atom. The molecule has 1 unspecified atom stereocenters. The second-order valence-electron chi connectivity index (χ2n) is 6.71. The van der Waals surface area contributed by atoms with Crippen LogP contribution in [0.4, 0.5) is 4.39 Å². The molecule has 1 aromatic heterocycles. The van der Waals surface area contributed by atoms with Crippen LogP contribution in [0.2, 0.25) is 0 Å². The number of aromatic carboxylic acids is 1. The van der Waals surface area contributed by atoms with Crippen molar-refractivity contribution in [2.75, 3.05) is 6.54 Å². The minimum absolute atomic E-state index is 0.0168.